The summed E-state index contributed by atoms with van der Waals surface area (Å²) in [6.45, 7) is 11.0. The molecule has 9 heteroatoms. The van der Waals surface area contributed by atoms with Gasteiger partial charge in [0.1, 0.15) is 11.1 Å². The average Bonchev–Trinajstić information content (AvgIpc) is 3.17. The van der Waals surface area contributed by atoms with E-state index < -0.39 is 0 Å². The summed E-state index contributed by atoms with van der Waals surface area (Å²) >= 11 is 1.51. The summed E-state index contributed by atoms with van der Waals surface area (Å²) in [5.41, 5.74) is 2.64. The summed E-state index contributed by atoms with van der Waals surface area (Å²) in [4.78, 5) is 21.9. The highest BCUT2D eigenvalue weighted by Gasteiger charge is 2.27. The number of hydrogen-bond donors (Lipinski definition) is 1. The molecule has 0 bridgehead atoms. The molecule has 0 radical (unpaired) electrons. The van der Waals surface area contributed by atoms with Crippen molar-refractivity contribution in [3.63, 3.8) is 0 Å². The summed E-state index contributed by atoms with van der Waals surface area (Å²) in [7, 11) is 0. The first-order valence-corrected chi connectivity index (χ1v) is 12.0. The molecule has 2 aromatic rings. The highest BCUT2D eigenvalue weighted by molar-refractivity contribution is 7.15. The predicted octanol–water partition coefficient (Wildman–Crippen LogP) is 3.32. The molecule has 1 amide bonds. The van der Waals surface area contributed by atoms with Crippen LogP contribution >= 0.6 is 11.3 Å². The van der Waals surface area contributed by atoms with Crippen LogP contribution in [0.1, 0.15) is 48.7 Å². The highest BCUT2D eigenvalue weighted by atomic mass is 32.1. The van der Waals surface area contributed by atoms with Crippen molar-refractivity contribution in [1.82, 2.24) is 25.0 Å². The van der Waals surface area contributed by atoms with E-state index in [0.717, 1.165) is 52.8 Å². The molecule has 2 aliphatic heterocycles. The van der Waals surface area contributed by atoms with Crippen molar-refractivity contribution in [3.8, 4) is 0 Å². The minimum atomic E-state index is -0.217. The summed E-state index contributed by atoms with van der Waals surface area (Å²) in [6, 6.07) is 3.96. The van der Waals surface area contributed by atoms with Crippen LogP contribution in [0.4, 0.5) is 10.8 Å². The fourth-order valence-corrected chi connectivity index (χ4v) is 4.77. The Kier molecular flexibility index (Phi) is 7.14. The third kappa shape index (κ3) is 5.99. The molecule has 31 heavy (non-hydrogen) atoms. The number of anilines is 2. The van der Waals surface area contributed by atoms with Crippen molar-refractivity contribution in [2.45, 2.75) is 46.1 Å². The quantitative estimate of drug-likeness (QED) is 0.732. The van der Waals surface area contributed by atoms with E-state index >= 15 is 0 Å². The number of morpholine rings is 1. The Labute approximate surface area is 188 Å². The van der Waals surface area contributed by atoms with Crippen molar-refractivity contribution in [1.29, 1.82) is 0 Å². The summed E-state index contributed by atoms with van der Waals surface area (Å²) < 4.78 is 6.00. The lowest BCUT2D eigenvalue weighted by molar-refractivity contribution is -0.139. The maximum atomic E-state index is 12.9. The largest absolute Gasteiger partial charge is 0.368 e. The molecule has 4 rings (SSSR count). The maximum Gasteiger partial charge on any atom is 0.224 e. The monoisotopic (exact) mass is 444 g/mol. The second kappa shape index (κ2) is 10.0. The van der Waals surface area contributed by atoms with Crippen LogP contribution in [0.5, 0.6) is 0 Å². The minimum Gasteiger partial charge on any atom is -0.368 e. The molecule has 2 aromatic heterocycles. The second-order valence-electron chi connectivity index (χ2n) is 8.65. The van der Waals surface area contributed by atoms with Gasteiger partial charge in [-0.1, -0.05) is 18.3 Å². The van der Waals surface area contributed by atoms with E-state index in [9.17, 15) is 4.79 Å². The standard InChI is InChI=1S/C22H32N6O2S/c1-15-4-7-27(8-5-15)9-6-21(29)28-10-11-30-20(14-28)19-13-18(12-16(2)23-19)24-22-26-25-17(3)31-22/h12-13,15,20H,4-11,14H2,1-3H3,(H,23,24,26). The summed E-state index contributed by atoms with van der Waals surface area (Å²) in [5, 5.41) is 13.1. The number of pyridine rings is 1. The van der Waals surface area contributed by atoms with Gasteiger partial charge in [0.05, 0.1) is 18.8 Å². The maximum absolute atomic E-state index is 12.9. The zero-order valence-corrected chi connectivity index (χ0v) is 19.5. The number of carbonyl (C=O) groups excluding carboxylic acids is 1. The van der Waals surface area contributed by atoms with Crippen LogP contribution in [-0.2, 0) is 9.53 Å². The number of aryl methyl sites for hydroxylation is 2. The molecule has 1 atom stereocenters. The first-order valence-electron chi connectivity index (χ1n) is 11.1. The average molecular weight is 445 g/mol. The summed E-state index contributed by atoms with van der Waals surface area (Å²) in [6.07, 6.45) is 2.83. The number of rotatable bonds is 6. The third-order valence-electron chi connectivity index (χ3n) is 6.02. The molecule has 1 N–H and O–H groups in total. The van der Waals surface area contributed by atoms with Crippen LogP contribution in [0.3, 0.4) is 0 Å². The molecular formula is C22H32N6O2S. The Hall–Kier alpha value is -2.10. The van der Waals surface area contributed by atoms with Crippen LogP contribution in [0.2, 0.25) is 0 Å². The zero-order valence-electron chi connectivity index (χ0n) is 18.6. The number of nitrogens with zero attached hydrogens (tertiary/aromatic N) is 5. The lowest BCUT2D eigenvalue weighted by atomic mass is 9.99. The predicted molar refractivity (Wildman–Crippen MR) is 122 cm³/mol. The molecular weight excluding hydrogens is 412 g/mol. The smallest absolute Gasteiger partial charge is 0.224 e. The molecule has 2 aliphatic rings. The normalized spacial score (nSPS) is 20.7. The lowest BCUT2D eigenvalue weighted by Crippen LogP contribution is -2.44. The number of piperidine rings is 1. The summed E-state index contributed by atoms with van der Waals surface area (Å²) in [5.74, 6) is 1.02. The number of amides is 1. The molecule has 4 heterocycles. The molecule has 0 aromatic carbocycles. The van der Waals surface area contributed by atoms with E-state index in [1.807, 2.05) is 30.9 Å². The molecule has 2 saturated heterocycles. The fraction of sp³-hybridized carbons (Fsp3) is 0.636. The fourth-order valence-electron chi connectivity index (χ4n) is 4.15. The van der Waals surface area contributed by atoms with Gasteiger partial charge in [-0.15, -0.1) is 10.2 Å². The van der Waals surface area contributed by atoms with Crippen LogP contribution in [0.15, 0.2) is 12.1 Å². The first-order chi connectivity index (χ1) is 15.0. The molecule has 168 valence electrons. The topological polar surface area (TPSA) is 83.5 Å². The van der Waals surface area contributed by atoms with Gasteiger partial charge in [-0.05, 0) is 57.8 Å². The van der Waals surface area contributed by atoms with Gasteiger partial charge in [-0.2, -0.15) is 0 Å². The Balaban J connectivity index is 1.36. The minimum absolute atomic E-state index is 0.210. The van der Waals surface area contributed by atoms with Gasteiger partial charge in [-0.3, -0.25) is 9.78 Å². The van der Waals surface area contributed by atoms with Crippen LogP contribution in [0, 0.1) is 19.8 Å². The van der Waals surface area contributed by atoms with E-state index in [4.69, 9.17) is 4.74 Å². The molecule has 0 spiro atoms. The molecule has 1 unspecified atom stereocenters. The Bertz CT molecular complexity index is 896. The zero-order chi connectivity index (χ0) is 21.8. The van der Waals surface area contributed by atoms with Gasteiger partial charge in [0.2, 0.25) is 11.0 Å². The van der Waals surface area contributed by atoms with Gasteiger partial charge >= 0.3 is 0 Å². The van der Waals surface area contributed by atoms with Crippen molar-refractivity contribution in [2.24, 2.45) is 5.92 Å². The number of nitrogens with one attached hydrogen (secondary N) is 1. The van der Waals surface area contributed by atoms with Gasteiger partial charge in [0, 0.05) is 30.9 Å². The van der Waals surface area contributed by atoms with E-state index in [2.05, 4.69) is 32.3 Å². The van der Waals surface area contributed by atoms with Gasteiger partial charge in [0.15, 0.2) is 0 Å². The first kappa shape index (κ1) is 22.1. The second-order valence-corrected chi connectivity index (χ2v) is 9.83. The number of likely N-dealkylation sites (tertiary alicyclic amines) is 1. The van der Waals surface area contributed by atoms with Crippen molar-refractivity contribution >= 4 is 28.1 Å². The third-order valence-corrected chi connectivity index (χ3v) is 6.77. The molecule has 0 saturated carbocycles. The van der Waals surface area contributed by atoms with Gasteiger partial charge < -0.3 is 19.9 Å². The SMILES string of the molecule is Cc1cc(Nc2nnc(C)s2)cc(C2CN(C(=O)CCN3CCC(C)CC3)CCO2)n1. The van der Waals surface area contributed by atoms with E-state index in [1.165, 1.54) is 24.2 Å². The number of hydrogen-bond acceptors (Lipinski definition) is 8. The number of aromatic nitrogens is 3. The van der Waals surface area contributed by atoms with E-state index in [1.54, 1.807) is 0 Å². The molecule has 8 nitrogen and oxygen atoms in total. The van der Waals surface area contributed by atoms with Gasteiger partial charge in [-0.25, -0.2) is 0 Å². The lowest BCUT2D eigenvalue weighted by Gasteiger charge is -2.34. The Morgan fingerprint density at radius 2 is 2.03 bits per heavy atom. The molecule has 2 fully saturated rings. The Morgan fingerprint density at radius 3 is 2.77 bits per heavy atom. The van der Waals surface area contributed by atoms with Gasteiger partial charge in [0.25, 0.3) is 0 Å². The highest BCUT2D eigenvalue weighted by Crippen LogP contribution is 2.27. The van der Waals surface area contributed by atoms with Crippen LogP contribution in [0.25, 0.3) is 0 Å². The number of carbonyl (C=O) groups is 1. The van der Waals surface area contributed by atoms with Crippen molar-refractivity contribution < 1.29 is 9.53 Å². The van der Waals surface area contributed by atoms with Crippen molar-refractivity contribution in [3.05, 3.63) is 28.5 Å². The van der Waals surface area contributed by atoms with E-state index in [0.29, 0.717) is 26.1 Å². The van der Waals surface area contributed by atoms with E-state index in [-0.39, 0.29) is 12.0 Å². The Morgan fingerprint density at radius 1 is 1.23 bits per heavy atom. The van der Waals surface area contributed by atoms with Crippen molar-refractivity contribution in [2.75, 3.05) is 44.6 Å². The molecule has 0 aliphatic carbocycles. The van der Waals surface area contributed by atoms with Crippen LogP contribution in [-0.4, -0.2) is 70.2 Å². The van der Waals surface area contributed by atoms with Crippen LogP contribution < -0.4 is 5.32 Å². The number of ether oxygens (including phenoxy) is 1.